The summed E-state index contributed by atoms with van der Waals surface area (Å²) in [6.45, 7) is 2.65. The molecule has 5 heteroatoms. The van der Waals surface area contributed by atoms with Crippen LogP contribution in [0.15, 0.2) is 48.7 Å². The number of halogens is 1. The minimum Gasteiger partial charge on any atom is -0.343 e. The van der Waals surface area contributed by atoms with E-state index >= 15 is 0 Å². The molecule has 0 amide bonds. The molecule has 0 aliphatic rings. The Morgan fingerprint density at radius 1 is 1.19 bits per heavy atom. The molecule has 0 fully saturated rings. The SMILES string of the molecule is Cc1ccc2c(ccn2Cc2ccc([N+](=O)[O-])cc2Cl)c1. The first-order valence-electron chi connectivity index (χ1n) is 6.53. The zero-order valence-electron chi connectivity index (χ0n) is 11.4. The topological polar surface area (TPSA) is 48.1 Å². The van der Waals surface area contributed by atoms with Gasteiger partial charge < -0.3 is 4.57 Å². The maximum atomic E-state index is 10.7. The molecule has 0 spiro atoms. The van der Waals surface area contributed by atoms with Gasteiger partial charge >= 0.3 is 0 Å². The number of benzene rings is 2. The Labute approximate surface area is 126 Å². The third-order valence-corrected chi connectivity index (χ3v) is 3.87. The lowest BCUT2D eigenvalue weighted by Crippen LogP contribution is -1.99. The van der Waals surface area contributed by atoms with Gasteiger partial charge in [0.15, 0.2) is 0 Å². The third-order valence-electron chi connectivity index (χ3n) is 3.51. The summed E-state index contributed by atoms with van der Waals surface area (Å²) in [6, 6.07) is 12.9. The summed E-state index contributed by atoms with van der Waals surface area (Å²) < 4.78 is 2.09. The maximum absolute atomic E-state index is 10.7. The number of aromatic nitrogens is 1. The van der Waals surface area contributed by atoms with Gasteiger partial charge in [0.1, 0.15) is 0 Å². The van der Waals surface area contributed by atoms with Crippen LogP contribution in [0.5, 0.6) is 0 Å². The second kappa shape index (κ2) is 5.22. The Bertz CT molecular complexity index is 839. The Morgan fingerprint density at radius 2 is 2.00 bits per heavy atom. The molecule has 0 aliphatic carbocycles. The number of rotatable bonds is 3. The Balaban J connectivity index is 1.97. The van der Waals surface area contributed by atoms with E-state index < -0.39 is 4.92 Å². The van der Waals surface area contributed by atoms with E-state index in [1.54, 1.807) is 6.07 Å². The summed E-state index contributed by atoms with van der Waals surface area (Å²) in [6.07, 6.45) is 2.00. The van der Waals surface area contributed by atoms with E-state index in [9.17, 15) is 10.1 Å². The van der Waals surface area contributed by atoms with Gasteiger partial charge in [0.05, 0.1) is 9.95 Å². The van der Waals surface area contributed by atoms with Crippen molar-refractivity contribution in [2.75, 3.05) is 0 Å². The summed E-state index contributed by atoms with van der Waals surface area (Å²) in [5, 5.41) is 12.3. The van der Waals surface area contributed by atoms with Crippen LogP contribution in [0.25, 0.3) is 10.9 Å². The van der Waals surface area contributed by atoms with E-state index in [-0.39, 0.29) is 5.69 Å². The highest BCUT2D eigenvalue weighted by molar-refractivity contribution is 6.31. The van der Waals surface area contributed by atoms with Crippen LogP contribution in [-0.2, 0) is 6.54 Å². The first kappa shape index (κ1) is 13.6. The van der Waals surface area contributed by atoms with Crippen LogP contribution in [0.2, 0.25) is 5.02 Å². The van der Waals surface area contributed by atoms with Gasteiger partial charge in [-0.25, -0.2) is 0 Å². The second-order valence-corrected chi connectivity index (χ2v) is 5.45. The van der Waals surface area contributed by atoms with Gasteiger partial charge in [0.2, 0.25) is 0 Å². The molecule has 3 rings (SSSR count). The molecule has 106 valence electrons. The van der Waals surface area contributed by atoms with Crippen molar-refractivity contribution in [3.8, 4) is 0 Å². The zero-order chi connectivity index (χ0) is 15.0. The first-order valence-corrected chi connectivity index (χ1v) is 6.91. The molecular weight excluding hydrogens is 288 g/mol. The summed E-state index contributed by atoms with van der Waals surface area (Å²) in [4.78, 5) is 10.3. The monoisotopic (exact) mass is 300 g/mol. The quantitative estimate of drug-likeness (QED) is 0.526. The number of nitro benzene ring substituents is 1. The second-order valence-electron chi connectivity index (χ2n) is 5.04. The van der Waals surface area contributed by atoms with Gasteiger partial charge in [0.25, 0.3) is 5.69 Å². The number of nitro groups is 1. The Hall–Kier alpha value is -2.33. The molecule has 0 atom stereocenters. The number of nitrogens with zero attached hydrogens (tertiary/aromatic N) is 2. The van der Waals surface area contributed by atoms with Crippen molar-refractivity contribution >= 4 is 28.2 Å². The van der Waals surface area contributed by atoms with E-state index in [1.165, 1.54) is 23.1 Å². The van der Waals surface area contributed by atoms with Crippen LogP contribution < -0.4 is 0 Å². The molecule has 3 aromatic rings. The standard InChI is InChI=1S/C16H13ClN2O2/c1-11-2-5-16-12(8-11)6-7-18(16)10-13-3-4-14(19(20)21)9-15(13)17/h2-9H,10H2,1H3. The van der Waals surface area contributed by atoms with Gasteiger partial charge in [0, 0.05) is 30.4 Å². The van der Waals surface area contributed by atoms with Crippen molar-refractivity contribution in [2.24, 2.45) is 0 Å². The molecule has 0 saturated carbocycles. The number of aryl methyl sites for hydroxylation is 1. The van der Waals surface area contributed by atoms with E-state index in [0.29, 0.717) is 11.6 Å². The lowest BCUT2D eigenvalue weighted by atomic mass is 10.1. The first-order chi connectivity index (χ1) is 10.0. The summed E-state index contributed by atoms with van der Waals surface area (Å²) >= 11 is 6.15. The highest BCUT2D eigenvalue weighted by Crippen LogP contribution is 2.25. The van der Waals surface area contributed by atoms with E-state index in [0.717, 1.165) is 11.1 Å². The average molecular weight is 301 g/mol. The molecule has 0 saturated heterocycles. The predicted molar refractivity (Wildman–Crippen MR) is 83.9 cm³/mol. The van der Waals surface area contributed by atoms with Gasteiger partial charge in [-0.05, 0) is 42.1 Å². The summed E-state index contributed by atoms with van der Waals surface area (Å²) in [5.41, 5.74) is 3.21. The molecule has 21 heavy (non-hydrogen) atoms. The van der Waals surface area contributed by atoms with Gasteiger partial charge in [-0.15, -0.1) is 0 Å². The van der Waals surface area contributed by atoms with E-state index in [1.807, 2.05) is 6.20 Å². The molecule has 2 aromatic carbocycles. The highest BCUT2D eigenvalue weighted by atomic mass is 35.5. The molecule has 0 unspecified atom stereocenters. The largest absolute Gasteiger partial charge is 0.343 e. The molecule has 0 radical (unpaired) electrons. The highest BCUT2D eigenvalue weighted by Gasteiger charge is 2.10. The van der Waals surface area contributed by atoms with Crippen molar-refractivity contribution in [1.82, 2.24) is 4.57 Å². The Kier molecular flexibility index (Phi) is 3.39. The minimum absolute atomic E-state index is 0.0109. The van der Waals surface area contributed by atoms with Crippen LogP contribution in [0.1, 0.15) is 11.1 Å². The molecule has 0 N–H and O–H groups in total. The molecule has 4 nitrogen and oxygen atoms in total. The van der Waals surface area contributed by atoms with Crippen LogP contribution >= 0.6 is 11.6 Å². The zero-order valence-corrected chi connectivity index (χ0v) is 12.2. The lowest BCUT2D eigenvalue weighted by Gasteiger charge is -2.08. The smallest absolute Gasteiger partial charge is 0.270 e. The van der Waals surface area contributed by atoms with Gasteiger partial charge in [-0.3, -0.25) is 10.1 Å². The van der Waals surface area contributed by atoms with Crippen LogP contribution in [0.4, 0.5) is 5.69 Å². The molecular formula is C16H13ClN2O2. The summed E-state index contributed by atoms with van der Waals surface area (Å²) in [5.74, 6) is 0. The average Bonchev–Trinajstić information content (AvgIpc) is 2.83. The van der Waals surface area contributed by atoms with Crippen molar-refractivity contribution < 1.29 is 4.92 Å². The fourth-order valence-corrected chi connectivity index (χ4v) is 2.65. The van der Waals surface area contributed by atoms with E-state index in [2.05, 4.69) is 35.8 Å². The maximum Gasteiger partial charge on any atom is 0.270 e. The van der Waals surface area contributed by atoms with Crippen molar-refractivity contribution in [3.63, 3.8) is 0 Å². The molecule has 1 heterocycles. The van der Waals surface area contributed by atoms with Crippen molar-refractivity contribution in [2.45, 2.75) is 13.5 Å². The van der Waals surface area contributed by atoms with Crippen molar-refractivity contribution in [1.29, 1.82) is 0 Å². The fourth-order valence-electron chi connectivity index (χ4n) is 2.42. The predicted octanol–water partition coefficient (Wildman–Crippen LogP) is 4.56. The van der Waals surface area contributed by atoms with Crippen LogP contribution in [0, 0.1) is 17.0 Å². The third kappa shape index (κ3) is 2.62. The number of fused-ring (bicyclic) bond motifs is 1. The van der Waals surface area contributed by atoms with Crippen LogP contribution in [-0.4, -0.2) is 9.49 Å². The van der Waals surface area contributed by atoms with E-state index in [4.69, 9.17) is 11.6 Å². The molecule has 1 aromatic heterocycles. The molecule has 0 bridgehead atoms. The fraction of sp³-hybridized carbons (Fsp3) is 0.125. The Morgan fingerprint density at radius 3 is 2.71 bits per heavy atom. The minimum atomic E-state index is -0.441. The van der Waals surface area contributed by atoms with Crippen LogP contribution in [0.3, 0.4) is 0 Å². The lowest BCUT2D eigenvalue weighted by molar-refractivity contribution is -0.384. The number of hydrogen-bond donors (Lipinski definition) is 0. The van der Waals surface area contributed by atoms with Gasteiger partial charge in [-0.2, -0.15) is 0 Å². The number of non-ortho nitro benzene ring substituents is 1. The normalized spacial score (nSPS) is 11.0. The molecule has 0 aliphatic heterocycles. The summed E-state index contributed by atoms with van der Waals surface area (Å²) in [7, 11) is 0. The number of hydrogen-bond acceptors (Lipinski definition) is 2. The van der Waals surface area contributed by atoms with Gasteiger partial charge in [-0.1, -0.05) is 23.2 Å². The van der Waals surface area contributed by atoms with Crippen molar-refractivity contribution in [3.05, 3.63) is 74.9 Å².